The van der Waals surface area contributed by atoms with Gasteiger partial charge in [-0.25, -0.2) is 0 Å². The molecule has 2 saturated heterocycles. The van der Waals surface area contributed by atoms with Crippen LogP contribution < -0.4 is 0 Å². The molecule has 0 atom stereocenters. The molecule has 29 heavy (non-hydrogen) atoms. The standard InChI is InChI=1S/C21H29N5O3/c1-25-14-17(13-22-25)19(27)26-8-6-21(7-9-26,12-15-2-3-15)20-23-18(29-24-20)16-4-10-28-11-5-16/h13-16H,2-12H2,1H3. The quantitative estimate of drug-likeness (QED) is 0.768. The zero-order valence-electron chi connectivity index (χ0n) is 17.0. The van der Waals surface area contributed by atoms with Gasteiger partial charge in [0.05, 0.1) is 11.8 Å². The molecule has 1 aliphatic carbocycles. The third-order valence-electron chi connectivity index (χ3n) is 6.82. The highest BCUT2D eigenvalue weighted by Gasteiger charge is 2.45. The fourth-order valence-corrected chi connectivity index (χ4v) is 4.81. The average Bonchev–Trinajstić information content (AvgIpc) is 3.24. The number of amides is 1. The summed E-state index contributed by atoms with van der Waals surface area (Å²) < 4.78 is 12.9. The predicted molar refractivity (Wildman–Crippen MR) is 104 cm³/mol. The van der Waals surface area contributed by atoms with Crippen LogP contribution in [-0.2, 0) is 17.2 Å². The first-order chi connectivity index (χ1) is 14.1. The average molecular weight is 399 g/mol. The second kappa shape index (κ2) is 7.55. The number of ether oxygens (including phenoxy) is 1. The summed E-state index contributed by atoms with van der Waals surface area (Å²) in [5.74, 6) is 2.77. The van der Waals surface area contributed by atoms with Crippen LogP contribution in [0.2, 0.25) is 0 Å². The Morgan fingerprint density at radius 1 is 1.21 bits per heavy atom. The van der Waals surface area contributed by atoms with Crippen LogP contribution in [0, 0.1) is 5.92 Å². The fourth-order valence-electron chi connectivity index (χ4n) is 4.81. The zero-order valence-corrected chi connectivity index (χ0v) is 17.0. The van der Waals surface area contributed by atoms with Gasteiger partial charge in [-0.05, 0) is 38.0 Å². The highest BCUT2D eigenvalue weighted by atomic mass is 16.5. The van der Waals surface area contributed by atoms with E-state index >= 15 is 0 Å². The summed E-state index contributed by atoms with van der Waals surface area (Å²) in [5, 5.41) is 8.59. The number of aryl methyl sites for hydroxylation is 1. The number of nitrogens with zero attached hydrogens (tertiary/aromatic N) is 5. The van der Waals surface area contributed by atoms with E-state index in [1.807, 2.05) is 11.9 Å². The molecule has 0 radical (unpaired) electrons. The van der Waals surface area contributed by atoms with Crippen molar-refractivity contribution in [3.63, 3.8) is 0 Å². The van der Waals surface area contributed by atoms with Gasteiger partial charge in [0.2, 0.25) is 5.89 Å². The van der Waals surface area contributed by atoms with Crippen molar-refractivity contribution in [2.24, 2.45) is 13.0 Å². The summed E-state index contributed by atoms with van der Waals surface area (Å²) in [6.45, 7) is 2.98. The van der Waals surface area contributed by atoms with Crippen LogP contribution in [-0.4, -0.2) is 57.0 Å². The molecule has 0 bridgehead atoms. The fraction of sp³-hybridized carbons (Fsp3) is 0.714. The summed E-state index contributed by atoms with van der Waals surface area (Å²) in [4.78, 5) is 19.7. The zero-order chi connectivity index (χ0) is 19.8. The van der Waals surface area contributed by atoms with Crippen LogP contribution in [0.5, 0.6) is 0 Å². The number of hydrogen-bond acceptors (Lipinski definition) is 6. The van der Waals surface area contributed by atoms with E-state index in [1.54, 1.807) is 17.1 Å². The molecule has 156 valence electrons. The number of carbonyl (C=O) groups is 1. The van der Waals surface area contributed by atoms with Crippen molar-refractivity contribution >= 4 is 5.91 Å². The van der Waals surface area contributed by atoms with Crippen molar-refractivity contribution in [3.8, 4) is 0 Å². The molecular weight excluding hydrogens is 370 g/mol. The van der Waals surface area contributed by atoms with Crippen molar-refractivity contribution in [1.82, 2.24) is 24.8 Å². The molecule has 8 heteroatoms. The number of aromatic nitrogens is 4. The Morgan fingerprint density at radius 2 is 1.97 bits per heavy atom. The van der Waals surface area contributed by atoms with E-state index in [-0.39, 0.29) is 11.3 Å². The number of hydrogen-bond donors (Lipinski definition) is 0. The predicted octanol–water partition coefficient (Wildman–Crippen LogP) is 2.67. The van der Waals surface area contributed by atoms with Gasteiger partial charge in [0.25, 0.3) is 5.91 Å². The maximum atomic E-state index is 12.8. The molecule has 0 spiro atoms. The second-order valence-electron chi connectivity index (χ2n) is 8.97. The first kappa shape index (κ1) is 18.8. The van der Waals surface area contributed by atoms with E-state index in [2.05, 4.69) is 10.3 Å². The molecule has 2 aromatic rings. The molecule has 3 aliphatic rings. The smallest absolute Gasteiger partial charge is 0.257 e. The molecule has 8 nitrogen and oxygen atoms in total. The molecule has 2 aromatic heterocycles. The molecule has 5 rings (SSSR count). The third kappa shape index (κ3) is 3.82. The minimum atomic E-state index is -0.0696. The highest BCUT2D eigenvalue weighted by Crippen LogP contribution is 2.47. The molecule has 3 fully saturated rings. The summed E-state index contributed by atoms with van der Waals surface area (Å²) >= 11 is 0. The first-order valence-electron chi connectivity index (χ1n) is 10.8. The summed E-state index contributed by atoms with van der Waals surface area (Å²) in [5.41, 5.74) is 0.586. The van der Waals surface area contributed by atoms with Gasteiger partial charge in [0.15, 0.2) is 5.82 Å². The van der Waals surface area contributed by atoms with Gasteiger partial charge in [0, 0.05) is 50.9 Å². The molecule has 0 unspecified atom stereocenters. The number of carbonyl (C=O) groups excluding carboxylic acids is 1. The van der Waals surface area contributed by atoms with Crippen molar-refractivity contribution in [2.45, 2.75) is 56.3 Å². The van der Waals surface area contributed by atoms with E-state index in [1.165, 1.54) is 12.8 Å². The van der Waals surface area contributed by atoms with Crippen molar-refractivity contribution in [3.05, 3.63) is 29.7 Å². The molecule has 2 aliphatic heterocycles. The molecule has 0 N–H and O–H groups in total. The number of piperidine rings is 1. The molecule has 0 aromatic carbocycles. The third-order valence-corrected chi connectivity index (χ3v) is 6.82. The Kier molecular flexibility index (Phi) is 4.89. The van der Waals surface area contributed by atoms with Crippen LogP contribution in [0.1, 0.15) is 72.9 Å². The van der Waals surface area contributed by atoms with Gasteiger partial charge in [-0.15, -0.1) is 0 Å². The Bertz CT molecular complexity index is 857. The van der Waals surface area contributed by atoms with Crippen molar-refractivity contribution in [2.75, 3.05) is 26.3 Å². The van der Waals surface area contributed by atoms with Gasteiger partial charge in [-0.2, -0.15) is 10.1 Å². The molecule has 1 saturated carbocycles. The van der Waals surface area contributed by atoms with E-state index in [4.69, 9.17) is 14.2 Å². The molecule has 1 amide bonds. The molecular formula is C21H29N5O3. The normalized spacial score (nSPS) is 22.7. The largest absolute Gasteiger partial charge is 0.381 e. The Balaban J connectivity index is 1.32. The topological polar surface area (TPSA) is 86.3 Å². The second-order valence-corrected chi connectivity index (χ2v) is 8.97. The van der Waals surface area contributed by atoms with Crippen LogP contribution in [0.25, 0.3) is 0 Å². The van der Waals surface area contributed by atoms with E-state index in [0.29, 0.717) is 11.5 Å². The maximum absolute atomic E-state index is 12.8. The van der Waals surface area contributed by atoms with Crippen LogP contribution in [0.15, 0.2) is 16.9 Å². The lowest BCUT2D eigenvalue weighted by Crippen LogP contribution is -2.46. The number of likely N-dealkylation sites (tertiary alicyclic amines) is 1. The SMILES string of the molecule is Cn1cc(C(=O)N2CCC(CC3CC3)(c3noc(C4CCOCC4)n3)CC2)cn1. The van der Waals surface area contributed by atoms with Crippen molar-refractivity contribution < 1.29 is 14.1 Å². The summed E-state index contributed by atoms with van der Waals surface area (Å²) in [6, 6.07) is 0. The van der Waals surface area contributed by atoms with Gasteiger partial charge < -0.3 is 14.2 Å². The van der Waals surface area contributed by atoms with Gasteiger partial charge >= 0.3 is 0 Å². The lowest BCUT2D eigenvalue weighted by molar-refractivity contribution is 0.0645. The van der Waals surface area contributed by atoms with Crippen LogP contribution in [0.3, 0.4) is 0 Å². The van der Waals surface area contributed by atoms with E-state index in [0.717, 1.165) is 76.0 Å². The Morgan fingerprint density at radius 3 is 2.62 bits per heavy atom. The number of rotatable bonds is 5. The molecule has 4 heterocycles. The Labute approximate surface area is 170 Å². The summed E-state index contributed by atoms with van der Waals surface area (Å²) in [6.07, 6.45) is 10.8. The van der Waals surface area contributed by atoms with Crippen molar-refractivity contribution in [1.29, 1.82) is 0 Å². The lowest BCUT2D eigenvalue weighted by atomic mass is 9.73. The van der Waals surface area contributed by atoms with Gasteiger partial charge in [0.1, 0.15) is 0 Å². The maximum Gasteiger partial charge on any atom is 0.257 e. The first-order valence-corrected chi connectivity index (χ1v) is 10.8. The minimum Gasteiger partial charge on any atom is -0.381 e. The highest BCUT2D eigenvalue weighted by molar-refractivity contribution is 5.93. The van der Waals surface area contributed by atoms with Crippen LogP contribution in [0.4, 0.5) is 0 Å². The van der Waals surface area contributed by atoms with Gasteiger partial charge in [-0.3, -0.25) is 9.48 Å². The van der Waals surface area contributed by atoms with E-state index < -0.39 is 0 Å². The monoisotopic (exact) mass is 399 g/mol. The van der Waals surface area contributed by atoms with Crippen LogP contribution >= 0.6 is 0 Å². The minimum absolute atomic E-state index is 0.0640. The lowest BCUT2D eigenvalue weighted by Gasteiger charge is -2.40. The Hall–Kier alpha value is -2.22. The van der Waals surface area contributed by atoms with Gasteiger partial charge in [-0.1, -0.05) is 18.0 Å². The van der Waals surface area contributed by atoms with E-state index in [9.17, 15) is 4.79 Å². The summed E-state index contributed by atoms with van der Waals surface area (Å²) in [7, 11) is 1.83.